The van der Waals surface area contributed by atoms with E-state index in [1.807, 2.05) is 58.6 Å². The van der Waals surface area contributed by atoms with E-state index in [0.717, 1.165) is 56.3 Å². The number of ether oxygens (including phenoxy) is 2. The lowest BCUT2D eigenvalue weighted by Gasteiger charge is -2.39. The van der Waals surface area contributed by atoms with E-state index >= 15 is 0 Å². The van der Waals surface area contributed by atoms with Gasteiger partial charge in [-0.05, 0) is 110 Å². The number of carbonyl (C=O) groups excluding carboxylic acids is 2. The quantitative estimate of drug-likeness (QED) is 0.450. The van der Waals surface area contributed by atoms with Crippen molar-refractivity contribution in [2.45, 2.75) is 130 Å². The van der Waals surface area contributed by atoms with Crippen molar-refractivity contribution >= 4 is 23.4 Å². The number of allylic oxidation sites excluding steroid dienone is 2. The predicted octanol–water partition coefficient (Wildman–Crippen LogP) is 7.67. The van der Waals surface area contributed by atoms with Crippen LogP contribution >= 0.6 is 0 Å². The first kappa shape index (κ1) is 27.5. The topological polar surface area (TPSA) is 80.8 Å². The molecule has 2 aliphatic heterocycles. The Morgan fingerprint density at radius 3 is 2.16 bits per heavy atom. The molecule has 3 heterocycles. The Balaban J connectivity index is 1.58. The minimum atomic E-state index is -0.576. The SMILES string of the molecule is CC1(C)CC=C(c2nc(C3CC4CCC(C3)N4C(=O)OC(C)(C)C)ccc2NC(=O)OC(C)(C)C)CC1. The molecule has 3 aliphatic rings. The van der Waals surface area contributed by atoms with E-state index in [1.165, 1.54) is 5.57 Å². The van der Waals surface area contributed by atoms with Gasteiger partial charge in [0.2, 0.25) is 0 Å². The molecule has 0 radical (unpaired) electrons. The minimum Gasteiger partial charge on any atom is -0.444 e. The fourth-order valence-electron chi connectivity index (χ4n) is 5.78. The van der Waals surface area contributed by atoms with Crippen LogP contribution in [0.5, 0.6) is 0 Å². The summed E-state index contributed by atoms with van der Waals surface area (Å²) in [5.74, 6) is 0.270. The molecule has 0 spiro atoms. The largest absolute Gasteiger partial charge is 0.444 e. The van der Waals surface area contributed by atoms with Gasteiger partial charge < -0.3 is 14.4 Å². The van der Waals surface area contributed by atoms with Crippen LogP contribution in [-0.2, 0) is 9.47 Å². The molecule has 4 rings (SSSR count). The number of fused-ring (bicyclic) bond motifs is 2. The molecular weight excluding hydrogens is 466 g/mol. The highest BCUT2D eigenvalue weighted by atomic mass is 16.6. The molecule has 7 nitrogen and oxygen atoms in total. The van der Waals surface area contributed by atoms with Crippen molar-refractivity contribution in [3.8, 4) is 0 Å². The standard InChI is InChI=1S/C30H45N3O4/c1-28(2,3)36-26(34)32-24-12-11-23(31-25(24)19-13-15-30(7,8)16-14-19)20-17-21-9-10-22(18-20)33(21)27(35)37-29(4,5)6/h11-13,20-22H,9-10,14-18H2,1-8H3,(H,32,34). The number of nitrogens with one attached hydrogen (secondary N) is 1. The van der Waals surface area contributed by atoms with Crippen molar-refractivity contribution < 1.29 is 19.1 Å². The lowest BCUT2D eigenvalue weighted by Crippen LogP contribution is -2.48. The Bertz CT molecular complexity index is 1050. The van der Waals surface area contributed by atoms with Crippen molar-refractivity contribution in [1.29, 1.82) is 0 Å². The molecule has 2 saturated heterocycles. The first-order valence-corrected chi connectivity index (χ1v) is 13.8. The number of hydrogen-bond donors (Lipinski definition) is 1. The molecule has 2 unspecified atom stereocenters. The molecule has 1 N–H and O–H groups in total. The van der Waals surface area contributed by atoms with E-state index in [0.29, 0.717) is 5.69 Å². The molecule has 2 amide bonds. The van der Waals surface area contributed by atoms with Gasteiger partial charge in [-0.2, -0.15) is 0 Å². The summed E-state index contributed by atoms with van der Waals surface area (Å²) in [7, 11) is 0. The summed E-state index contributed by atoms with van der Waals surface area (Å²) in [6.45, 7) is 15.9. The molecule has 1 aliphatic carbocycles. The molecule has 2 atom stereocenters. The first-order valence-electron chi connectivity index (χ1n) is 13.8. The number of carbonyl (C=O) groups is 2. The van der Waals surface area contributed by atoms with Crippen molar-refractivity contribution in [3.05, 3.63) is 29.6 Å². The molecule has 204 valence electrons. The summed E-state index contributed by atoms with van der Waals surface area (Å²) >= 11 is 0. The summed E-state index contributed by atoms with van der Waals surface area (Å²) in [5.41, 5.74) is 2.96. The third-order valence-corrected chi connectivity index (χ3v) is 7.58. The van der Waals surface area contributed by atoms with Gasteiger partial charge in [-0.3, -0.25) is 10.3 Å². The van der Waals surface area contributed by atoms with Crippen LogP contribution in [0.1, 0.15) is 118 Å². The summed E-state index contributed by atoms with van der Waals surface area (Å²) in [5, 5.41) is 2.95. The van der Waals surface area contributed by atoms with Gasteiger partial charge in [-0.15, -0.1) is 0 Å². The second-order valence-corrected chi connectivity index (χ2v) is 13.8. The number of pyridine rings is 1. The van der Waals surface area contributed by atoms with Gasteiger partial charge >= 0.3 is 12.2 Å². The van der Waals surface area contributed by atoms with Crippen molar-refractivity contribution in [1.82, 2.24) is 9.88 Å². The Morgan fingerprint density at radius 2 is 1.62 bits per heavy atom. The summed E-state index contributed by atoms with van der Waals surface area (Å²) in [6.07, 6.45) is 8.38. The van der Waals surface area contributed by atoms with Gasteiger partial charge in [0.15, 0.2) is 0 Å². The van der Waals surface area contributed by atoms with Gasteiger partial charge in [0.1, 0.15) is 11.2 Å². The van der Waals surface area contributed by atoms with Gasteiger partial charge in [0, 0.05) is 23.7 Å². The normalized spacial score (nSPS) is 25.4. The average Bonchev–Trinajstić information content (AvgIpc) is 3.01. The molecule has 1 aromatic heterocycles. The second-order valence-electron chi connectivity index (χ2n) is 13.8. The smallest absolute Gasteiger partial charge is 0.412 e. The molecule has 0 saturated carbocycles. The highest BCUT2D eigenvalue weighted by molar-refractivity contribution is 5.89. The van der Waals surface area contributed by atoms with Crippen LogP contribution in [0.2, 0.25) is 0 Å². The number of piperidine rings is 1. The van der Waals surface area contributed by atoms with Crippen LogP contribution in [0.3, 0.4) is 0 Å². The fraction of sp³-hybridized carbons (Fsp3) is 0.700. The molecule has 0 aromatic carbocycles. The van der Waals surface area contributed by atoms with E-state index < -0.39 is 17.3 Å². The van der Waals surface area contributed by atoms with Crippen molar-refractivity contribution in [2.75, 3.05) is 5.32 Å². The monoisotopic (exact) mass is 511 g/mol. The van der Waals surface area contributed by atoms with Crippen LogP contribution in [0.25, 0.3) is 5.57 Å². The third kappa shape index (κ3) is 6.85. The van der Waals surface area contributed by atoms with E-state index in [4.69, 9.17) is 14.5 Å². The summed E-state index contributed by atoms with van der Waals surface area (Å²) in [6, 6.07) is 4.37. The third-order valence-electron chi connectivity index (χ3n) is 7.58. The van der Waals surface area contributed by atoms with Gasteiger partial charge in [0.25, 0.3) is 0 Å². The van der Waals surface area contributed by atoms with Gasteiger partial charge in [0.05, 0.1) is 11.4 Å². The van der Waals surface area contributed by atoms with Crippen molar-refractivity contribution in [3.63, 3.8) is 0 Å². The van der Waals surface area contributed by atoms with Crippen LogP contribution in [0.4, 0.5) is 15.3 Å². The maximum Gasteiger partial charge on any atom is 0.412 e. The Hall–Kier alpha value is -2.57. The van der Waals surface area contributed by atoms with Gasteiger partial charge in [-0.25, -0.2) is 9.59 Å². The minimum absolute atomic E-state index is 0.179. The number of anilines is 1. The van der Waals surface area contributed by atoms with E-state index in [2.05, 4.69) is 25.2 Å². The molecular formula is C30H45N3O4. The molecule has 2 bridgehead atoms. The number of hydrogen-bond acceptors (Lipinski definition) is 5. The maximum absolute atomic E-state index is 12.9. The number of nitrogens with zero attached hydrogens (tertiary/aromatic N) is 2. The lowest BCUT2D eigenvalue weighted by atomic mass is 9.77. The molecule has 7 heteroatoms. The fourth-order valence-corrected chi connectivity index (χ4v) is 5.78. The van der Waals surface area contributed by atoms with Crippen LogP contribution < -0.4 is 5.32 Å². The zero-order chi connectivity index (χ0) is 27.2. The Morgan fingerprint density at radius 1 is 1.00 bits per heavy atom. The van der Waals surface area contributed by atoms with E-state index in [-0.39, 0.29) is 29.5 Å². The van der Waals surface area contributed by atoms with Crippen LogP contribution in [0.15, 0.2) is 18.2 Å². The first-order chi connectivity index (χ1) is 17.1. The Labute approximate surface area is 222 Å². The zero-order valence-corrected chi connectivity index (χ0v) is 23.9. The van der Waals surface area contributed by atoms with Crippen LogP contribution in [-0.4, -0.2) is 45.4 Å². The molecule has 1 aromatic rings. The average molecular weight is 512 g/mol. The maximum atomic E-state index is 12.9. The highest BCUT2D eigenvalue weighted by Crippen LogP contribution is 2.45. The number of amides is 2. The molecule has 37 heavy (non-hydrogen) atoms. The number of rotatable bonds is 3. The molecule has 2 fully saturated rings. The predicted molar refractivity (Wildman–Crippen MR) is 147 cm³/mol. The van der Waals surface area contributed by atoms with Gasteiger partial charge in [-0.1, -0.05) is 19.9 Å². The van der Waals surface area contributed by atoms with E-state index in [9.17, 15) is 9.59 Å². The zero-order valence-electron chi connectivity index (χ0n) is 23.9. The summed E-state index contributed by atoms with van der Waals surface area (Å²) < 4.78 is 11.2. The van der Waals surface area contributed by atoms with Crippen molar-refractivity contribution in [2.24, 2.45) is 5.41 Å². The Kier molecular flexibility index (Phi) is 7.39. The lowest BCUT2D eigenvalue weighted by molar-refractivity contribution is 0.00568. The number of aromatic nitrogens is 1. The second kappa shape index (κ2) is 9.95. The summed E-state index contributed by atoms with van der Waals surface area (Å²) in [4.78, 5) is 32.7. The van der Waals surface area contributed by atoms with E-state index in [1.54, 1.807) is 0 Å². The highest BCUT2D eigenvalue weighted by Gasteiger charge is 2.45. The van der Waals surface area contributed by atoms with Crippen LogP contribution in [0, 0.1) is 5.41 Å².